The largest absolute Gasteiger partial charge is 0.451 e. The average molecular weight is 656 g/mol. The van der Waals surface area contributed by atoms with Crippen molar-refractivity contribution in [1.29, 1.82) is 0 Å². The minimum absolute atomic E-state index is 0.385. The van der Waals surface area contributed by atoms with Gasteiger partial charge in [-0.2, -0.15) is 35.1 Å². The number of ether oxygens (including phenoxy) is 3. The highest BCUT2D eigenvalue weighted by atomic mass is 19.4. The summed E-state index contributed by atoms with van der Waals surface area (Å²) >= 11 is 0. The van der Waals surface area contributed by atoms with E-state index in [4.69, 9.17) is 0 Å². The van der Waals surface area contributed by atoms with Gasteiger partial charge in [-0.05, 0) is 6.92 Å². The van der Waals surface area contributed by atoms with Crippen molar-refractivity contribution < 1.29 is 103 Å². The van der Waals surface area contributed by atoms with E-state index in [0.29, 0.717) is 0 Å². The SMILES string of the molecule is C=C(C)C(=O)OCC(=O)OCC(=O)OC(F)(F)C12C(F)(F)C3(F)C(F)(F)C(F)(C(F)(F)C(F)(C3(F)F)C1(F)F)C2(F)F. The molecule has 4 aliphatic carbocycles. The second-order valence-corrected chi connectivity index (χ2v) is 9.18. The van der Waals surface area contributed by atoms with Gasteiger partial charge in [-0.15, -0.1) is 0 Å². The first kappa shape index (κ1) is 33.5. The summed E-state index contributed by atoms with van der Waals surface area (Å²) in [6, 6.07) is 0. The zero-order valence-corrected chi connectivity index (χ0v) is 19.5. The van der Waals surface area contributed by atoms with Crippen LogP contribution in [-0.2, 0) is 28.6 Å². The lowest BCUT2D eigenvalue weighted by Gasteiger charge is -2.75. The number of halogens is 17. The third kappa shape index (κ3) is 2.70. The number of carbonyl (C=O) groups excluding carboxylic acids is 3. The summed E-state index contributed by atoms with van der Waals surface area (Å²) < 4.78 is 261. The minimum Gasteiger partial charge on any atom is -0.451 e. The van der Waals surface area contributed by atoms with Crippen LogP contribution in [0.4, 0.5) is 74.6 Å². The normalized spacial score (nSPS) is 37.5. The molecule has 0 aromatic rings. The van der Waals surface area contributed by atoms with Crippen LogP contribution in [0, 0.1) is 5.41 Å². The molecule has 4 bridgehead atoms. The van der Waals surface area contributed by atoms with Gasteiger partial charge in [0.2, 0.25) is 0 Å². The fraction of sp³-hybridized carbons (Fsp3) is 0.737. The van der Waals surface area contributed by atoms with E-state index in [-0.39, 0.29) is 5.57 Å². The van der Waals surface area contributed by atoms with E-state index in [2.05, 4.69) is 20.8 Å². The second kappa shape index (κ2) is 8.11. The van der Waals surface area contributed by atoms with E-state index in [0.717, 1.165) is 6.92 Å². The smallest absolute Gasteiger partial charge is 0.424 e. The highest BCUT2D eigenvalue weighted by Gasteiger charge is 3.25. The molecule has 240 valence electrons. The van der Waals surface area contributed by atoms with Gasteiger partial charge in [0.25, 0.3) is 5.41 Å². The van der Waals surface area contributed by atoms with Gasteiger partial charge >= 0.3 is 76.6 Å². The van der Waals surface area contributed by atoms with E-state index in [9.17, 15) is 89.0 Å². The molecule has 0 saturated heterocycles. The van der Waals surface area contributed by atoms with Gasteiger partial charge in [0, 0.05) is 5.57 Å². The molecule has 4 aliphatic rings. The summed E-state index contributed by atoms with van der Waals surface area (Å²) in [6.45, 7) is -0.0152. The molecule has 0 unspecified atom stereocenters. The second-order valence-electron chi connectivity index (χ2n) is 9.18. The Bertz CT molecular complexity index is 1150. The summed E-state index contributed by atoms with van der Waals surface area (Å²) in [7, 11) is 0. The maximum absolute atomic E-state index is 15.0. The van der Waals surface area contributed by atoms with Gasteiger partial charge in [-0.1, -0.05) is 6.58 Å². The Morgan fingerprint density at radius 2 is 0.881 bits per heavy atom. The molecule has 4 rings (SSSR count). The summed E-state index contributed by atoms with van der Waals surface area (Å²) in [6.07, 6.45) is -7.92. The highest BCUT2D eigenvalue weighted by molar-refractivity contribution is 5.88. The number of hydrogen-bond donors (Lipinski definition) is 0. The first-order chi connectivity index (χ1) is 18.4. The van der Waals surface area contributed by atoms with Crippen LogP contribution in [-0.4, -0.2) is 89.8 Å². The first-order valence-electron chi connectivity index (χ1n) is 10.3. The number of alkyl halides is 17. The molecule has 0 N–H and O–H groups in total. The Morgan fingerprint density at radius 1 is 0.571 bits per heavy atom. The van der Waals surface area contributed by atoms with E-state index < -0.39 is 95.2 Å². The van der Waals surface area contributed by atoms with Gasteiger partial charge in [0.15, 0.2) is 13.2 Å². The minimum atomic E-state index is -8.54. The summed E-state index contributed by atoms with van der Waals surface area (Å²) in [5.41, 5.74) is -33.8. The van der Waals surface area contributed by atoms with Crippen LogP contribution in [0.25, 0.3) is 0 Å². The van der Waals surface area contributed by atoms with Crippen LogP contribution in [0.2, 0.25) is 0 Å². The quantitative estimate of drug-likeness (QED) is 0.171. The molecule has 0 aromatic heterocycles. The predicted molar refractivity (Wildman–Crippen MR) is 91.4 cm³/mol. The lowest BCUT2D eigenvalue weighted by Crippen LogP contribution is -3.09. The zero-order chi connectivity index (χ0) is 33.3. The Kier molecular flexibility index (Phi) is 6.46. The Hall–Kier alpha value is -3.04. The third-order valence-electron chi connectivity index (χ3n) is 7.01. The van der Waals surface area contributed by atoms with Gasteiger partial charge in [-0.3, -0.25) is 0 Å². The van der Waals surface area contributed by atoms with Crippen LogP contribution >= 0.6 is 0 Å². The van der Waals surface area contributed by atoms with E-state index in [1.54, 1.807) is 0 Å². The highest BCUT2D eigenvalue weighted by Crippen LogP contribution is 2.92. The van der Waals surface area contributed by atoms with Crippen molar-refractivity contribution in [1.82, 2.24) is 0 Å². The molecule has 4 saturated carbocycles. The van der Waals surface area contributed by atoms with Crippen molar-refractivity contribution in [2.45, 2.75) is 65.6 Å². The van der Waals surface area contributed by atoms with Crippen molar-refractivity contribution in [3.05, 3.63) is 12.2 Å². The molecule has 42 heavy (non-hydrogen) atoms. The molecule has 0 amide bonds. The number of esters is 3. The maximum atomic E-state index is 15.0. The van der Waals surface area contributed by atoms with Gasteiger partial charge in [0.05, 0.1) is 0 Å². The monoisotopic (exact) mass is 656 g/mol. The maximum Gasteiger partial charge on any atom is 0.424 e. The molecule has 4 fully saturated rings. The molecule has 0 radical (unpaired) electrons. The molecule has 0 heterocycles. The topological polar surface area (TPSA) is 78.9 Å². The Balaban J connectivity index is 2.21. The van der Waals surface area contributed by atoms with E-state index in [1.807, 2.05) is 0 Å². The Labute approximate surface area is 218 Å². The average Bonchev–Trinajstić information content (AvgIpc) is 2.80. The fourth-order valence-corrected chi connectivity index (χ4v) is 5.08. The standard InChI is InChI=1S/C19H9F17O6/c1-5(2)8(39)41-3-6(37)40-4-7(38)42-19(35,36)9-13(23,24)10(20)16(29,30)11(21,14(9,25)26)18(33,34)12(22,15(9,27)28)17(10,31)32/h1,3-4H2,2H3. The van der Waals surface area contributed by atoms with Crippen molar-refractivity contribution >= 4 is 17.9 Å². The summed E-state index contributed by atoms with van der Waals surface area (Å²) in [4.78, 5) is 34.0. The van der Waals surface area contributed by atoms with Crippen LogP contribution in [0.5, 0.6) is 0 Å². The van der Waals surface area contributed by atoms with Crippen molar-refractivity contribution in [3.63, 3.8) is 0 Å². The van der Waals surface area contributed by atoms with Crippen LogP contribution in [0.3, 0.4) is 0 Å². The summed E-state index contributed by atoms with van der Waals surface area (Å²) in [5.74, 6) is -57.2. The first-order valence-corrected chi connectivity index (χ1v) is 10.3. The Morgan fingerprint density at radius 3 is 1.19 bits per heavy atom. The molecule has 0 atom stereocenters. The number of rotatable bonds is 7. The number of carbonyl (C=O) groups is 3. The molecular weight excluding hydrogens is 647 g/mol. The van der Waals surface area contributed by atoms with Gasteiger partial charge < -0.3 is 14.2 Å². The lowest BCUT2D eigenvalue weighted by molar-refractivity contribution is -0.638. The predicted octanol–water partition coefficient (Wildman–Crippen LogP) is 4.75. The van der Waals surface area contributed by atoms with E-state index >= 15 is 0 Å². The molecule has 0 spiro atoms. The molecule has 0 aliphatic heterocycles. The lowest BCUT2D eigenvalue weighted by atomic mass is 9.36. The van der Waals surface area contributed by atoms with Crippen LogP contribution in [0.15, 0.2) is 12.2 Å². The fourth-order valence-electron chi connectivity index (χ4n) is 5.08. The molecule has 6 nitrogen and oxygen atoms in total. The third-order valence-corrected chi connectivity index (χ3v) is 7.01. The number of hydrogen-bond acceptors (Lipinski definition) is 6. The van der Waals surface area contributed by atoms with Gasteiger partial charge in [-0.25, -0.2) is 53.9 Å². The van der Waals surface area contributed by atoms with Gasteiger partial charge in [0.1, 0.15) is 0 Å². The van der Waals surface area contributed by atoms with Crippen LogP contribution in [0.1, 0.15) is 6.92 Å². The summed E-state index contributed by atoms with van der Waals surface area (Å²) in [5, 5.41) is 0. The molecular formula is C19H9F17O6. The van der Waals surface area contributed by atoms with Crippen molar-refractivity contribution in [2.24, 2.45) is 5.41 Å². The zero-order valence-electron chi connectivity index (χ0n) is 19.5. The van der Waals surface area contributed by atoms with Crippen molar-refractivity contribution in [3.8, 4) is 0 Å². The van der Waals surface area contributed by atoms with Crippen LogP contribution < -0.4 is 0 Å². The van der Waals surface area contributed by atoms with Crippen molar-refractivity contribution in [2.75, 3.05) is 13.2 Å². The molecule has 23 heteroatoms. The van der Waals surface area contributed by atoms with E-state index in [1.165, 1.54) is 0 Å². The molecule has 0 aromatic carbocycles.